The number of Topliss-reactive ketones (excluding diaryl/α,β-unsaturated/α-hetero) is 1. The first kappa shape index (κ1) is 16.7. The van der Waals surface area contributed by atoms with Gasteiger partial charge in [0.1, 0.15) is 0 Å². The fourth-order valence-electron chi connectivity index (χ4n) is 3.47. The Bertz CT molecular complexity index is 824. The maximum atomic E-state index is 12.3. The van der Waals surface area contributed by atoms with Crippen molar-refractivity contribution in [2.75, 3.05) is 6.61 Å². The van der Waals surface area contributed by atoms with Crippen molar-refractivity contribution in [2.45, 2.75) is 32.7 Å². The summed E-state index contributed by atoms with van der Waals surface area (Å²) < 4.78 is 7.13. The summed E-state index contributed by atoms with van der Waals surface area (Å²) in [6.07, 6.45) is 2.36. The number of carbonyl (C=O) groups is 3. The predicted molar refractivity (Wildman–Crippen MR) is 90.2 cm³/mol. The van der Waals surface area contributed by atoms with Crippen LogP contribution in [0.4, 0.5) is 0 Å². The SMILES string of the molecule is CC(=O)OCCC1CCc2c(C(=O)C(=O)Cl)c3ccccc3n2C1. The summed E-state index contributed by atoms with van der Waals surface area (Å²) in [5.74, 6) is -0.547. The number of esters is 1. The van der Waals surface area contributed by atoms with Crippen LogP contribution >= 0.6 is 11.6 Å². The first-order valence-electron chi connectivity index (χ1n) is 7.96. The Kier molecular flexibility index (Phi) is 4.71. The summed E-state index contributed by atoms with van der Waals surface area (Å²) in [6.45, 7) is 2.54. The third kappa shape index (κ3) is 3.08. The second kappa shape index (κ2) is 6.77. The summed E-state index contributed by atoms with van der Waals surface area (Å²) in [5, 5.41) is -0.182. The number of halogens is 1. The highest BCUT2D eigenvalue weighted by Gasteiger charge is 2.29. The Balaban J connectivity index is 1.94. The van der Waals surface area contributed by atoms with Gasteiger partial charge >= 0.3 is 5.97 Å². The molecule has 1 aliphatic rings. The van der Waals surface area contributed by atoms with Crippen molar-refractivity contribution in [1.82, 2.24) is 4.57 Å². The molecule has 1 aliphatic heterocycles. The van der Waals surface area contributed by atoms with Crippen molar-refractivity contribution in [3.63, 3.8) is 0 Å². The summed E-state index contributed by atoms with van der Waals surface area (Å²) >= 11 is 5.44. The Morgan fingerprint density at radius 3 is 2.75 bits per heavy atom. The van der Waals surface area contributed by atoms with Gasteiger partial charge in [0.2, 0.25) is 5.78 Å². The molecule has 126 valence electrons. The Morgan fingerprint density at radius 1 is 1.29 bits per heavy atom. The van der Waals surface area contributed by atoms with E-state index < -0.39 is 11.0 Å². The van der Waals surface area contributed by atoms with Gasteiger partial charge in [-0.15, -0.1) is 0 Å². The minimum atomic E-state index is -0.953. The average Bonchev–Trinajstić information content (AvgIpc) is 2.87. The number of ketones is 1. The molecule has 5 nitrogen and oxygen atoms in total. The van der Waals surface area contributed by atoms with E-state index in [2.05, 4.69) is 4.57 Å². The molecule has 0 spiro atoms. The molecular formula is C18H18ClNO4. The highest BCUT2D eigenvalue weighted by atomic mass is 35.5. The molecule has 24 heavy (non-hydrogen) atoms. The molecule has 0 saturated heterocycles. The van der Waals surface area contributed by atoms with Crippen molar-refractivity contribution in [3.8, 4) is 0 Å². The van der Waals surface area contributed by atoms with Crippen LogP contribution in [0, 0.1) is 5.92 Å². The van der Waals surface area contributed by atoms with Crippen LogP contribution in [0.5, 0.6) is 0 Å². The van der Waals surface area contributed by atoms with E-state index in [1.807, 2.05) is 24.3 Å². The summed E-state index contributed by atoms with van der Waals surface area (Å²) in [6, 6.07) is 7.56. The zero-order valence-electron chi connectivity index (χ0n) is 13.4. The first-order chi connectivity index (χ1) is 11.5. The topological polar surface area (TPSA) is 65.4 Å². The number of ether oxygens (including phenoxy) is 1. The molecule has 2 heterocycles. The number of carbonyl (C=O) groups excluding carboxylic acids is 3. The van der Waals surface area contributed by atoms with Gasteiger partial charge in [-0.25, -0.2) is 0 Å². The molecule has 0 amide bonds. The summed E-state index contributed by atoms with van der Waals surface area (Å²) in [5.41, 5.74) is 2.24. The van der Waals surface area contributed by atoms with Gasteiger partial charge in [0.15, 0.2) is 0 Å². The van der Waals surface area contributed by atoms with Crippen molar-refractivity contribution < 1.29 is 19.1 Å². The van der Waals surface area contributed by atoms with Crippen LogP contribution in [0.3, 0.4) is 0 Å². The second-order valence-corrected chi connectivity index (χ2v) is 6.43. The molecule has 1 aromatic heterocycles. The number of aromatic nitrogens is 1. The standard InChI is InChI=1S/C18H18ClNO4/c1-11(21)24-9-8-12-6-7-15-16(17(22)18(19)23)13-4-2-3-5-14(13)20(15)10-12/h2-5,12H,6-10H2,1H3. The van der Waals surface area contributed by atoms with Crippen molar-refractivity contribution in [3.05, 3.63) is 35.5 Å². The van der Waals surface area contributed by atoms with Gasteiger partial charge in [-0.2, -0.15) is 0 Å². The minimum Gasteiger partial charge on any atom is -0.466 e. The largest absolute Gasteiger partial charge is 0.466 e. The maximum Gasteiger partial charge on any atom is 0.302 e. The van der Waals surface area contributed by atoms with E-state index in [4.69, 9.17) is 16.3 Å². The van der Waals surface area contributed by atoms with Gasteiger partial charge in [0, 0.05) is 30.1 Å². The molecule has 0 saturated carbocycles. The zero-order valence-corrected chi connectivity index (χ0v) is 14.1. The molecule has 1 atom stereocenters. The highest BCUT2D eigenvalue weighted by Crippen LogP contribution is 2.34. The monoisotopic (exact) mass is 347 g/mol. The van der Waals surface area contributed by atoms with Crippen molar-refractivity contribution in [2.24, 2.45) is 5.92 Å². The van der Waals surface area contributed by atoms with E-state index in [9.17, 15) is 14.4 Å². The number of rotatable bonds is 5. The van der Waals surface area contributed by atoms with Gasteiger partial charge in [-0.1, -0.05) is 18.2 Å². The highest BCUT2D eigenvalue weighted by molar-refractivity contribution is 6.83. The molecule has 0 N–H and O–H groups in total. The smallest absolute Gasteiger partial charge is 0.302 e. The van der Waals surface area contributed by atoms with Gasteiger partial charge in [0.05, 0.1) is 12.2 Å². The Morgan fingerprint density at radius 2 is 2.04 bits per heavy atom. The Labute approximate surface area is 144 Å². The molecule has 0 fully saturated rings. The van der Waals surface area contributed by atoms with Gasteiger partial charge < -0.3 is 9.30 Å². The minimum absolute atomic E-state index is 0.272. The van der Waals surface area contributed by atoms with Crippen LogP contribution in [-0.4, -0.2) is 28.2 Å². The van der Waals surface area contributed by atoms with Crippen LogP contribution in [0.2, 0.25) is 0 Å². The molecule has 0 bridgehead atoms. The normalized spacial score (nSPS) is 16.7. The fraction of sp³-hybridized carbons (Fsp3) is 0.389. The number of nitrogens with zero attached hydrogens (tertiary/aromatic N) is 1. The lowest BCUT2D eigenvalue weighted by Crippen LogP contribution is -2.23. The van der Waals surface area contributed by atoms with Crippen molar-refractivity contribution >= 4 is 39.5 Å². The van der Waals surface area contributed by atoms with Crippen LogP contribution in [0.1, 0.15) is 35.8 Å². The lowest BCUT2D eigenvalue weighted by Gasteiger charge is -2.25. The Hall–Kier alpha value is -2.14. The van der Waals surface area contributed by atoms with E-state index in [1.165, 1.54) is 6.92 Å². The zero-order chi connectivity index (χ0) is 17.3. The van der Waals surface area contributed by atoms with E-state index >= 15 is 0 Å². The second-order valence-electron chi connectivity index (χ2n) is 6.09. The fourth-order valence-corrected chi connectivity index (χ4v) is 3.57. The van der Waals surface area contributed by atoms with Gasteiger partial charge in [0.25, 0.3) is 5.24 Å². The van der Waals surface area contributed by atoms with Gasteiger partial charge in [-0.3, -0.25) is 14.4 Å². The van der Waals surface area contributed by atoms with Gasteiger partial charge in [-0.05, 0) is 42.8 Å². The summed E-state index contributed by atoms with van der Waals surface area (Å²) in [4.78, 5) is 34.6. The molecule has 6 heteroatoms. The van der Waals surface area contributed by atoms with E-state index in [1.54, 1.807) is 0 Å². The van der Waals surface area contributed by atoms with E-state index in [0.29, 0.717) is 24.5 Å². The molecule has 1 aromatic carbocycles. The summed E-state index contributed by atoms with van der Waals surface area (Å²) in [7, 11) is 0. The van der Waals surface area contributed by atoms with Crippen LogP contribution in [0.25, 0.3) is 10.9 Å². The third-order valence-corrected chi connectivity index (χ3v) is 4.72. The quantitative estimate of drug-likeness (QED) is 0.361. The molecular weight excluding hydrogens is 330 g/mol. The van der Waals surface area contributed by atoms with Crippen LogP contribution < -0.4 is 0 Å². The maximum absolute atomic E-state index is 12.3. The number of para-hydroxylation sites is 1. The molecule has 0 radical (unpaired) electrons. The first-order valence-corrected chi connectivity index (χ1v) is 8.34. The molecule has 1 unspecified atom stereocenters. The van der Waals surface area contributed by atoms with Crippen LogP contribution in [0.15, 0.2) is 24.3 Å². The average molecular weight is 348 g/mol. The number of hydrogen-bond donors (Lipinski definition) is 0. The lowest BCUT2D eigenvalue weighted by molar-refractivity contribution is -0.141. The molecule has 0 aliphatic carbocycles. The number of hydrogen-bond acceptors (Lipinski definition) is 4. The third-order valence-electron chi connectivity index (χ3n) is 4.55. The molecule has 3 rings (SSSR count). The lowest BCUT2D eigenvalue weighted by atomic mass is 9.93. The molecule has 2 aromatic rings. The number of benzene rings is 1. The van der Waals surface area contributed by atoms with E-state index in [-0.39, 0.29) is 5.97 Å². The van der Waals surface area contributed by atoms with Crippen LogP contribution in [-0.2, 0) is 27.3 Å². The van der Waals surface area contributed by atoms with Crippen molar-refractivity contribution in [1.29, 1.82) is 0 Å². The van der Waals surface area contributed by atoms with E-state index in [0.717, 1.165) is 36.0 Å². The number of fused-ring (bicyclic) bond motifs is 3. The predicted octanol–water partition coefficient (Wildman–Crippen LogP) is 3.11.